The maximum Gasteiger partial charge on any atom is 0.177 e. The predicted octanol–water partition coefficient (Wildman–Crippen LogP) is 3.41. The lowest BCUT2D eigenvalue weighted by atomic mass is 10.1. The molecule has 0 aliphatic heterocycles. The van der Waals surface area contributed by atoms with Crippen molar-refractivity contribution in [3.8, 4) is 6.07 Å². The summed E-state index contributed by atoms with van der Waals surface area (Å²) in [5, 5.41) is 9.31. The van der Waals surface area contributed by atoms with Crippen LogP contribution in [0.3, 0.4) is 0 Å². The number of nitrogens with zero attached hydrogens (tertiary/aromatic N) is 1. The molecule has 0 radical (unpaired) electrons. The second-order valence-electron chi connectivity index (χ2n) is 3.17. The number of rotatable bonds is 1. The molecule has 2 aromatic rings. The third-order valence-corrected chi connectivity index (χ3v) is 3.27. The summed E-state index contributed by atoms with van der Waals surface area (Å²) >= 11 is 1.14. The summed E-state index contributed by atoms with van der Waals surface area (Å²) in [4.78, 5) is 0. The van der Waals surface area contributed by atoms with Gasteiger partial charge in [-0.25, -0.2) is 0 Å². The number of hydrogen-bond donors (Lipinski definition) is 0. The number of nitriles is 1. The van der Waals surface area contributed by atoms with Gasteiger partial charge in [-0.3, -0.25) is 0 Å². The van der Waals surface area contributed by atoms with Crippen LogP contribution < -0.4 is 0 Å². The van der Waals surface area contributed by atoms with Gasteiger partial charge in [0.15, 0.2) is 5.13 Å². The lowest BCUT2D eigenvalue weighted by molar-refractivity contribution is 0.658. The van der Waals surface area contributed by atoms with Crippen LogP contribution in [0.5, 0.6) is 0 Å². The van der Waals surface area contributed by atoms with E-state index in [2.05, 4.69) is 6.07 Å². The first-order valence-electron chi connectivity index (χ1n) is 4.27. The summed E-state index contributed by atoms with van der Waals surface area (Å²) in [5.74, 6) is 0. The summed E-state index contributed by atoms with van der Waals surface area (Å²) in [6.07, 6.45) is 0.340. The molecule has 0 saturated heterocycles. The Hall–Kier alpha value is -1.40. The molecule has 0 N–H and O–H groups in total. The average molecular weight is 205 g/mol. The van der Waals surface area contributed by atoms with Gasteiger partial charge in [-0.15, -0.1) is 11.3 Å². The standard InChI is InChI=1S/C11H8FNS/c1-7-2-3-8(4-5-13)9-6-10(12)14-11(7)9/h2-3,6H,4H2,1H3. The van der Waals surface area contributed by atoms with Crippen LogP contribution in [0.25, 0.3) is 10.1 Å². The summed E-state index contributed by atoms with van der Waals surface area (Å²) in [7, 11) is 0. The van der Waals surface area contributed by atoms with E-state index in [4.69, 9.17) is 5.26 Å². The van der Waals surface area contributed by atoms with Gasteiger partial charge in [-0.2, -0.15) is 9.65 Å². The molecule has 0 atom stereocenters. The normalized spacial score (nSPS) is 10.4. The molecule has 0 bridgehead atoms. The summed E-state index contributed by atoms with van der Waals surface area (Å²) in [6, 6.07) is 7.43. The van der Waals surface area contributed by atoms with Gasteiger partial charge < -0.3 is 0 Å². The first-order chi connectivity index (χ1) is 6.72. The van der Waals surface area contributed by atoms with Crippen molar-refractivity contribution in [2.24, 2.45) is 0 Å². The highest BCUT2D eigenvalue weighted by atomic mass is 32.1. The number of aryl methyl sites for hydroxylation is 1. The fourth-order valence-corrected chi connectivity index (χ4v) is 2.42. The molecule has 0 unspecified atom stereocenters. The van der Waals surface area contributed by atoms with Crippen molar-refractivity contribution in [1.82, 2.24) is 0 Å². The van der Waals surface area contributed by atoms with Gasteiger partial charge in [0, 0.05) is 4.70 Å². The Labute approximate surface area is 85.4 Å². The Kier molecular flexibility index (Phi) is 2.22. The van der Waals surface area contributed by atoms with Crippen molar-refractivity contribution < 1.29 is 4.39 Å². The van der Waals surface area contributed by atoms with Crippen LogP contribution in [-0.4, -0.2) is 0 Å². The number of thiophene rings is 1. The van der Waals surface area contributed by atoms with Crippen LogP contribution in [-0.2, 0) is 6.42 Å². The minimum atomic E-state index is -0.187. The third kappa shape index (κ3) is 1.38. The van der Waals surface area contributed by atoms with E-state index in [-0.39, 0.29) is 5.13 Å². The Morgan fingerprint density at radius 1 is 1.50 bits per heavy atom. The van der Waals surface area contributed by atoms with Crippen LogP contribution in [0.4, 0.5) is 4.39 Å². The first kappa shape index (κ1) is 9.17. The van der Waals surface area contributed by atoms with Gasteiger partial charge in [0.05, 0.1) is 12.5 Å². The van der Waals surface area contributed by atoms with Gasteiger partial charge in [0.1, 0.15) is 0 Å². The van der Waals surface area contributed by atoms with Crippen molar-refractivity contribution in [3.05, 3.63) is 34.5 Å². The monoisotopic (exact) mass is 205 g/mol. The molecule has 0 aliphatic carbocycles. The van der Waals surface area contributed by atoms with Gasteiger partial charge in [-0.05, 0) is 29.5 Å². The molecule has 0 fully saturated rings. The lowest BCUT2D eigenvalue weighted by Gasteiger charge is -1.99. The fourth-order valence-electron chi connectivity index (χ4n) is 1.52. The highest BCUT2D eigenvalue weighted by Crippen LogP contribution is 2.30. The number of hydrogen-bond acceptors (Lipinski definition) is 2. The highest BCUT2D eigenvalue weighted by molar-refractivity contribution is 7.17. The van der Waals surface area contributed by atoms with Crippen molar-refractivity contribution in [3.63, 3.8) is 0 Å². The zero-order valence-electron chi connectivity index (χ0n) is 7.67. The first-order valence-corrected chi connectivity index (χ1v) is 5.08. The fraction of sp³-hybridized carbons (Fsp3) is 0.182. The number of benzene rings is 1. The largest absolute Gasteiger partial charge is 0.198 e. The van der Waals surface area contributed by atoms with Gasteiger partial charge in [-0.1, -0.05) is 12.1 Å². The third-order valence-electron chi connectivity index (χ3n) is 2.21. The van der Waals surface area contributed by atoms with E-state index in [0.29, 0.717) is 6.42 Å². The van der Waals surface area contributed by atoms with Gasteiger partial charge in [0.2, 0.25) is 0 Å². The SMILES string of the molecule is Cc1ccc(CC#N)c2cc(F)sc12. The van der Waals surface area contributed by atoms with E-state index >= 15 is 0 Å². The molecule has 1 aromatic carbocycles. The van der Waals surface area contributed by atoms with Crippen LogP contribution in [0, 0.1) is 23.4 Å². The Morgan fingerprint density at radius 2 is 2.29 bits per heavy atom. The van der Waals surface area contributed by atoms with Crippen LogP contribution >= 0.6 is 11.3 Å². The molecule has 1 aromatic heterocycles. The molecule has 0 spiro atoms. The summed E-state index contributed by atoms with van der Waals surface area (Å²) in [6.45, 7) is 1.95. The zero-order valence-corrected chi connectivity index (χ0v) is 8.49. The van der Waals surface area contributed by atoms with E-state index in [1.807, 2.05) is 19.1 Å². The highest BCUT2D eigenvalue weighted by Gasteiger charge is 2.07. The summed E-state index contributed by atoms with van der Waals surface area (Å²) in [5.41, 5.74) is 1.98. The molecule has 1 nitrogen and oxygen atoms in total. The topological polar surface area (TPSA) is 23.8 Å². The quantitative estimate of drug-likeness (QED) is 0.699. The van der Waals surface area contributed by atoms with Gasteiger partial charge in [0.25, 0.3) is 0 Å². The van der Waals surface area contributed by atoms with E-state index in [1.54, 1.807) is 0 Å². The molecular formula is C11H8FNS. The van der Waals surface area contributed by atoms with Crippen LogP contribution in [0.2, 0.25) is 0 Å². The minimum Gasteiger partial charge on any atom is -0.198 e. The Bertz CT molecular complexity index is 522. The smallest absolute Gasteiger partial charge is 0.177 e. The Balaban J connectivity index is 2.75. The molecule has 0 amide bonds. The van der Waals surface area contributed by atoms with E-state index in [0.717, 1.165) is 32.5 Å². The Morgan fingerprint density at radius 3 is 3.00 bits per heavy atom. The molecule has 70 valence electrons. The zero-order chi connectivity index (χ0) is 10.1. The number of halogens is 1. The second-order valence-corrected chi connectivity index (χ2v) is 4.17. The van der Waals surface area contributed by atoms with Gasteiger partial charge >= 0.3 is 0 Å². The van der Waals surface area contributed by atoms with Crippen molar-refractivity contribution in [2.75, 3.05) is 0 Å². The maximum atomic E-state index is 13.1. The maximum absolute atomic E-state index is 13.1. The van der Waals surface area contributed by atoms with Crippen molar-refractivity contribution >= 4 is 21.4 Å². The molecule has 0 saturated carbocycles. The molecule has 2 rings (SSSR count). The minimum absolute atomic E-state index is 0.187. The molecule has 14 heavy (non-hydrogen) atoms. The lowest BCUT2D eigenvalue weighted by Crippen LogP contribution is -1.83. The van der Waals surface area contributed by atoms with E-state index in [1.165, 1.54) is 6.07 Å². The molecule has 3 heteroatoms. The molecule has 0 aliphatic rings. The molecular weight excluding hydrogens is 197 g/mol. The van der Waals surface area contributed by atoms with Crippen LogP contribution in [0.15, 0.2) is 18.2 Å². The van der Waals surface area contributed by atoms with E-state index < -0.39 is 0 Å². The molecule has 1 heterocycles. The summed E-state index contributed by atoms with van der Waals surface area (Å²) < 4.78 is 14.0. The van der Waals surface area contributed by atoms with Crippen LogP contribution in [0.1, 0.15) is 11.1 Å². The average Bonchev–Trinajstić information content (AvgIpc) is 2.53. The van der Waals surface area contributed by atoms with Crippen molar-refractivity contribution in [1.29, 1.82) is 5.26 Å². The second kappa shape index (κ2) is 3.39. The number of fused-ring (bicyclic) bond motifs is 1. The predicted molar refractivity (Wildman–Crippen MR) is 55.8 cm³/mol. The van der Waals surface area contributed by atoms with E-state index in [9.17, 15) is 4.39 Å². The van der Waals surface area contributed by atoms with Crippen molar-refractivity contribution in [2.45, 2.75) is 13.3 Å².